The van der Waals surface area contributed by atoms with E-state index in [0.29, 0.717) is 6.61 Å². The normalized spacial score (nSPS) is 10.8. The molecule has 0 amide bonds. The van der Waals surface area contributed by atoms with Crippen LogP contribution in [0.5, 0.6) is 5.75 Å². The van der Waals surface area contributed by atoms with E-state index >= 15 is 0 Å². The maximum Gasteiger partial charge on any atom is 0.120 e. The molecule has 2 aromatic rings. The van der Waals surface area contributed by atoms with E-state index in [0.717, 1.165) is 21.9 Å². The molecule has 2 rings (SSSR count). The smallest absolute Gasteiger partial charge is 0.120 e. The van der Waals surface area contributed by atoms with E-state index in [2.05, 4.69) is 5.10 Å². The second-order valence-electron chi connectivity index (χ2n) is 4.58. The van der Waals surface area contributed by atoms with Gasteiger partial charge in [-0.05, 0) is 35.4 Å². The molecule has 0 aliphatic carbocycles. The van der Waals surface area contributed by atoms with Crippen molar-refractivity contribution in [3.8, 4) is 5.75 Å². The predicted molar refractivity (Wildman–Crippen MR) is 83.5 cm³/mol. The van der Waals surface area contributed by atoms with E-state index < -0.39 is 0 Å². The summed E-state index contributed by atoms with van der Waals surface area (Å²) in [6, 6.07) is 15.5. The molecule has 0 aromatic heterocycles. The molecule has 2 aromatic carbocycles. The van der Waals surface area contributed by atoms with Crippen molar-refractivity contribution in [1.29, 1.82) is 0 Å². The SMILES string of the molecule is CN(C)/N=C/c1cccc(OCc2ccc(Cl)cc2)c1. The fraction of sp³-hybridized carbons (Fsp3) is 0.188. The number of ether oxygens (including phenoxy) is 1. The van der Waals surface area contributed by atoms with Gasteiger partial charge in [0.25, 0.3) is 0 Å². The maximum absolute atomic E-state index is 5.85. The van der Waals surface area contributed by atoms with Gasteiger partial charge < -0.3 is 9.75 Å². The summed E-state index contributed by atoms with van der Waals surface area (Å²) < 4.78 is 5.76. The van der Waals surface area contributed by atoms with Gasteiger partial charge in [0, 0.05) is 19.1 Å². The lowest BCUT2D eigenvalue weighted by molar-refractivity contribution is 0.306. The lowest BCUT2D eigenvalue weighted by Crippen LogP contribution is -2.02. The highest BCUT2D eigenvalue weighted by Crippen LogP contribution is 2.15. The number of hydrogen-bond donors (Lipinski definition) is 0. The first-order valence-corrected chi connectivity index (χ1v) is 6.70. The Hall–Kier alpha value is -2.00. The number of hydrogen-bond acceptors (Lipinski definition) is 3. The molecule has 0 N–H and O–H groups in total. The first-order chi connectivity index (χ1) is 9.63. The minimum atomic E-state index is 0.519. The van der Waals surface area contributed by atoms with Gasteiger partial charge in [0.15, 0.2) is 0 Å². The van der Waals surface area contributed by atoms with E-state index in [1.54, 1.807) is 11.2 Å². The van der Waals surface area contributed by atoms with Crippen LogP contribution in [-0.2, 0) is 6.61 Å². The van der Waals surface area contributed by atoms with Crippen LogP contribution in [0.3, 0.4) is 0 Å². The van der Waals surface area contributed by atoms with Gasteiger partial charge in [-0.25, -0.2) is 0 Å². The zero-order valence-corrected chi connectivity index (χ0v) is 12.3. The monoisotopic (exact) mass is 288 g/mol. The number of rotatable bonds is 5. The van der Waals surface area contributed by atoms with Gasteiger partial charge in [-0.1, -0.05) is 35.9 Å². The Kier molecular flexibility index (Phi) is 5.02. The third kappa shape index (κ3) is 4.59. The van der Waals surface area contributed by atoms with Crippen LogP contribution in [0.2, 0.25) is 5.02 Å². The molecule has 104 valence electrons. The van der Waals surface area contributed by atoms with Crippen LogP contribution in [0.25, 0.3) is 0 Å². The summed E-state index contributed by atoms with van der Waals surface area (Å²) in [5, 5.41) is 6.69. The van der Waals surface area contributed by atoms with E-state index in [1.807, 2.05) is 62.6 Å². The fourth-order valence-corrected chi connectivity index (χ4v) is 1.74. The van der Waals surface area contributed by atoms with E-state index in [4.69, 9.17) is 16.3 Å². The van der Waals surface area contributed by atoms with Crippen LogP contribution in [0.15, 0.2) is 53.6 Å². The molecular formula is C16H17ClN2O. The molecule has 0 saturated heterocycles. The largest absolute Gasteiger partial charge is 0.489 e. The number of halogens is 1. The van der Waals surface area contributed by atoms with Crippen molar-refractivity contribution in [2.75, 3.05) is 14.1 Å². The molecule has 3 nitrogen and oxygen atoms in total. The summed E-state index contributed by atoms with van der Waals surface area (Å²) in [5.41, 5.74) is 2.09. The molecule has 0 spiro atoms. The topological polar surface area (TPSA) is 24.8 Å². The zero-order valence-electron chi connectivity index (χ0n) is 11.6. The lowest BCUT2D eigenvalue weighted by atomic mass is 10.2. The summed E-state index contributed by atoms with van der Waals surface area (Å²) in [6.45, 7) is 0.519. The highest BCUT2D eigenvalue weighted by molar-refractivity contribution is 6.30. The van der Waals surface area contributed by atoms with Gasteiger partial charge in [0.2, 0.25) is 0 Å². The molecule has 4 heteroatoms. The van der Waals surface area contributed by atoms with Gasteiger partial charge in [-0.2, -0.15) is 5.10 Å². The van der Waals surface area contributed by atoms with Crippen molar-refractivity contribution in [2.24, 2.45) is 5.10 Å². The van der Waals surface area contributed by atoms with Gasteiger partial charge in [-0.3, -0.25) is 0 Å². The molecule has 0 aliphatic rings. The third-order valence-corrected chi connectivity index (χ3v) is 2.87. The molecule has 0 radical (unpaired) electrons. The van der Waals surface area contributed by atoms with Crippen LogP contribution >= 0.6 is 11.6 Å². The van der Waals surface area contributed by atoms with E-state index in [9.17, 15) is 0 Å². The summed E-state index contributed by atoms with van der Waals surface area (Å²) in [6.07, 6.45) is 1.80. The Balaban J connectivity index is 1.99. The van der Waals surface area contributed by atoms with E-state index in [-0.39, 0.29) is 0 Å². The highest BCUT2D eigenvalue weighted by atomic mass is 35.5. The van der Waals surface area contributed by atoms with Crippen molar-refractivity contribution in [2.45, 2.75) is 6.61 Å². The Morgan fingerprint density at radius 3 is 2.60 bits per heavy atom. The second kappa shape index (κ2) is 6.96. The Morgan fingerprint density at radius 1 is 1.15 bits per heavy atom. The summed E-state index contributed by atoms with van der Waals surface area (Å²) >= 11 is 5.85. The van der Waals surface area contributed by atoms with Crippen LogP contribution < -0.4 is 4.74 Å². The first kappa shape index (κ1) is 14.4. The highest BCUT2D eigenvalue weighted by Gasteiger charge is 1.98. The molecule has 0 bridgehead atoms. The fourth-order valence-electron chi connectivity index (χ4n) is 1.61. The first-order valence-electron chi connectivity index (χ1n) is 6.32. The number of benzene rings is 2. The average molecular weight is 289 g/mol. The van der Waals surface area contributed by atoms with Crippen LogP contribution in [-0.4, -0.2) is 25.3 Å². The maximum atomic E-state index is 5.85. The van der Waals surface area contributed by atoms with Crippen LogP contribution in [0.4, 0.5) is 0 Å². The molecular weight excluding hydrogens is 272 g/mol. The quantitative estimate of drug-likeness (QED) is 0.617. The molecule has 0 saturated carbocycles. The average Bonchev–Trinajstić information content (AvgIpc) is 2.45. The van der Waals surface area contributed by atoms with Crippen LogP contribution in [0.1, 0.15) is 11.1 Å². The molecule has 20 heavy (non-hydrogen) atoms. The Morgan fingerprint density at radius 2 is 1.90 bits per heavy atom. The van der Waals surface area contributed by atoms with Crippen molar-refractivity contribution in [3.63, 3.8) is 0 Å². The van der Waals surface area contributed by atoms with Gasteiger partial charge >= 0.3 is 0 Å². The molecule has 0 atom stereocenters. The van der Waals surface area contributed by atoms with Gasteiger partial charge in [0.1, 0.15) is 12.4 Å². The standard InChI is InChI=1S/C16H17ClN2O/c1-19(2)18-11-14-4-3-5-16(10-14)20-12-13-6-8-15(17)9-7-13/h3-11H,12H2,1-2H3/b18-11+. The Labute approximate surface area is 124 Å². The summed E-state index contributed by atoms with van der Waals surface area (Å²) in [4.78, 5) is 0. The molecule has 0 aliphatic heterocycles. The molecule has 0 heterocycles. The molecule has 0 unspecified atom stereocenters. The van der Waals surface area contributed by atoms with Crippen molar-refractivity contribution in [1.82, 2.24) is 5.01 Å². The lowest BCUT2D eigenvalue weighted by Gasteiger charge is -2.07. The van der Waals surface area contributed by atoms with Crippen LogP contribution in [0, 0.1) is 0 Å². The van der Waals surface area contributed by atoms with E-state index in [1.165, 1.54) is 0 Å². The van der Waals surface area contributed by atoms with Crippen molar-refractivity contribution < 1.29 is 4.74 Å². The van der Waals surface area contributed by atoms with Gasteiger partial charge in [-0.15, -0.1) is 0 Å². The number of nitrogens with zero attached hydrogens (tertiary/aromatic N) is 2. The number of hydrazone groups is 1. The summed E-state index contributed by atoms with van der Waals surface area (Å²) in [7, 11) is 3.77. The predicted octanol–water partition coefficient (Wildman–Crippen LogP) is 3.81. The van der Waals surface area contributed by atoms with Crippen molar-refractivity contribution in [3.05, 3.63) is 64.7 Å². The minimum absolute atomic E-state index is 0.519. The molecule has 0 fully saturated rings. The summed E-state index contributed by atoms with van der Waals surface area (Å²) in [5.74, 6) is 0.822. The minimum Gasteiger partial charge on any atom is -0.489 e. The third-order valence-electron chi connectivity index (χ3n) is 2.61. The Bertz CT molecular complexity index is 579. The van der Waals surface area contributed by atoms with Gasteiger partial charge in [0.05, 0.1) is 6.21 Å². The zero-order chi connectivity index (χ0) is 14.4. The second-order valence-corrected chi connectivity index (χ2v) is 5.02. The van der Waals surface area contributed by atoms with Crippen molar-refractivity contribution >= 4 is 17.8 Å².